The van der Waals surface area contributed by atoms with E-state index >= 15 is 0 Å². The lowest BCUT2D eigenvalue weighted by Gasteiger charge is -2.16. The van der Waals surface area contributed by atoms with Crippen molar-refractivity contribution in [2.24, 2.45) is 7.05 Å². The van der Waals surface area contributed by atoms with Crippen LogP contribution in [0.1, 0.15) is 49.0 Å². The van der Waals surface area contributed by atoms with E-state index in [9.17, 15) is 9.59 Å². The molecule has 0 atom stereocenters. The average Bonchev–Trinajstić information content (AvgIpc) is 2.76. The molecule has 2 heterocycles. The second kappa shape index (κ2) is 7.91. The zero-order valence-corrected chi connectivity index (χ0v) is 16.7. The molecule has 3 rings (SSSR count). The summed E-state index contributed by atoms with van der Waals surface area (Å²) in [6.45, 7) is 3.97. The van der Waals surface area contributed by atoms with Crippen LogP contribution < -0.4 is 10.9 Å². The summed E-state index contributed by atoms with van der Waals surface area (Å²) in [7, 11) is 1.73. The van der Waals surface area contributed by atoms with Crippen molar-refractivity contribution in [1.29, 1.82) is 0 Å². The molecule has 2 aromatic rings. The van der Waals surface area contributed by atoms with E-state index < -0.39 is 0 Å². The molecule has 0 aliphatic heterocycles. The van der Waals surface area contributed by atoms with Gasteiger partial charge in [-0.2, -0.15) is 0 Å². The Bertz CT molecular complexity index is 833. The number of carbonyl (C=O) groups excluding carboxylic acids is 1. The predicted molar refractivity (Wildman–Crippen MR) is 105 cm³/mol. The summed E-state index contributed by atoms with van der Waals surface area (Å²) in [5.74, 6) is 0.329. The maximum Gasteiger partial charge on any atom is 0.262 e. The molecule has 5 nitrogen and oxygen atoms in total. The number of nitrogens with zero attached hydrogens (tertiary/aromatic N) is 2. The van der Waals surface area contributed by atoms with Crippen molar-refractivity contribution >= 4 is 39.2 Å². The summed E-state index contributed by atoms with van der Waals surface area (Å²) < 4.78 is 1.56. The molecule has 25 heavy (non-hydrogen) atoms. The van der Waals surface area contributed by atoms with E-state index in [1.807, 2.05) is 13.8 Å². The lowest BCUT2D eigenvalue weighted by atomic mass is 10.1. The average molecular weight is 380 g/mol. The SMILES string of the molecule is Cc1sc2nc(SCC(=O)NC3CCCCCC3)n(C)c(=O)c2c1C. The molecule has 136 valence electrons. The molecule has 1 amide bonds. The summed E-state index contributed by atoms with van der Waals surface area (Å²) in [5.41, 5.74) is 0.981. The number of aromatic nitrogens is 2. The fraction of sp³-hybridized carbons (Fsp3) is 0.611. The van der Waals surface area contributed by atoms with E-state index in [-0.39, 0.29) is 11.5 Å². The van der Waals surface area contributed by atoms with Crippen LogP contribution in [0, 0.1) is 13.8 Å². The molecule has 1 saturated carbocycles. The van der Waals surface area contributed by atoms with Crippen LogP contribution in [-0.2, 0) is 11.8 Å². The quantitative estimate of drug-likeness (QED) is 0.501. The van der Waals surface area contributed by atoms with Crippen molar-refractivity contribution in [3.63, 3.8) is 0 Å². The van der Waals surface area contributed by atoms with E-state index in [4.69, 9.17) is 0 Å². The van der Waals surface area contributed by atoms with Crippen LogP contribution in [0.2, 0.25) is 0 Å². The number of rotatable bonds is 4. The molecule has 7 heteroatoms. The topological polar surface area (TPSA) is 64.0 Å². The van der Waals surface area contributed by atoms with Crippen LogP contribution in [-0.4, -0.2) is 27.3 Å². The minimum atomic E-state index is -0.0291. The highest BCUT2D eigenvalue weighted by Crippen LogP contribution is 2.28. The van der Waals surface area contributed by atoms with Gasteiger partial charge in [0, 0.05) is 18.0 Å². The number of aryl methyl sites for hydroxylation is 2. The van der Waals surface area contributed by atoms with E-state index in [2.05, 4.69) is 10.3 Å². The molecule has 1 aliphatic carbocycles. The number of nitrogens with one attached hydrogen (secondary N) is 1. The van der Waals surface area contributed by atoms with Gasteiger partial charge in [0.1, 0.15) is 4.83 Å². The largest absolute Gasteiger partial charge is 0.353 e. The van der Waals surface area contributed by atoms with Crippen molar-refractivity contribution in [2.75, 3.05) is 5.75 Å². The Morgan fingerprint density at radius 2 is 1.96 bits per heavy atom. The maximum atomic E-state index is 12.6. The summed E-state index contributed by atoms with van der Waals surface area (Å²) >= 11 is 2.88. The number of thiophene rings is 1. The Hall–Kier alpha value is -1.34. The Morgan fingerprint density at radius 1 is 1.28 bits per heavy atom. The number of carbonyl (C=O) groups is 1. The molecular formula is C18H25N3O2S2. The Morgan fingerprint density at radius 3 is 2.64 bits per heavy atom. The van der Waals surface area contributed by atoms with Crippen LogP contribution >= 0.6 is 23.1 Å². The third-order valence-electron chi connectivity index (χ3n) is 4.92. The first-order chi connectivity index (χ1) is 12.0. The maximum absolute atomic E-state index is 12.6. The fourth-order valence-corrected chi connectivity index (χ4v) is 5.16. The Labute approximate surface area is 156 Å². The molecule has 1 aliphatic rings. The van der Waals surface area contributed by atoms with E-state index in [0.29, 0.717) is 22.3 Å². The fourth-order valence-electron chi connectivity index (χ4n) is 3.31. The summed E-state index contributed by atoms with van der Waals surface area (Å²) in [6.07, 6.45) is 7.09. The lowest BCUT2D eigenvalue weighted by Crippen LogP contribution is -2.35. The highest BCUT2D eigenvalue weighted by Gasteiger charge is 2.17. The molecular weight excluding hydrogens is 354 g/mol. The van der Waals surface area contributed by atoms with Crippen molar-refractivity contribution in [2.45, 2.75) is 63.6 Å². The van der Waals surface area contributed by atoms with Crippen LogP contribution in [0.3, 0.4) is 0 Å². The van der Waals surface area contributed by atoms with Crippen molar-refractivity contribution in [3.05, 3.63) is 20.8 Å². The van der Waals surface area contributed by atoms with Gasteiger partial charge in [-0.05, 0) is 32.3 Å². The Balaban J connectivity index is 1.69. The van der Waals surface area contributed by atoms with Crippen LogP contribution in [0.15, 0.2) is 9.95 Å². The van der Waals surface area contributed by atoms with Gasteiger partial charge in [0.2, 0.25) is 5.91 Å². The number of hydrogen-bond donors (Lipinski definition) is 1. The van der Waals surface area contributed by atoms with E-state index in [1.165, 1.54) is 37.4 Å². The summed E-state index contributed by atoms with van der Waals surface area (Å²) in [4.78, 5) is 31.4. The number of fused-ring (bicyclic) bond motifs is 1. The minimum absolute atomic E-state index is 0.0291. The number of hydrogen-bond acceptors (Lipinski definition) is 5. The third kappa shape index (κ3) is 4.08. The molecule has 0 unspecified atom stereocenters. The van der Waals surface area contributed by atoms with E-state index in [1.54, 1.807) is 23.0 Å². The van der Waals surface area contributed by atoms with Gasteiger partial charge in [-0.15, -0.1) is 11.3 Å². The second-order valence-corrected chi connectivity index (χ2v) is 8.91. The van der Waals surface area contributed by atoms with Gasteiger partial charge in [0.15, 0.2) is 5.16 Å². The first-order valence-corrected chi connectivity index (χ1v) is 10.7. The number of thioether (sulfide) groups is 1. The minimum Gasteiger partial charge on any atom is -0.353 e. The first kappa shape index (κ1) is 18.5. The third-order valence-corrected chi connectivity index (χ3v) is 7.05. The molecule has 0 radical (unpaired) electrons. The van der Waals surface area contributed by atoms with Gasteiger partial charge >= 0.3 is 0 Å². The van der Waals surface area contributed by atoms with Crippen LogP contribution in [0.4, 0.5) is 0 Å². The summed E-state index contributed by atoms with van der Waals surface area (Å²) in [5, 5.41) is 4.45. The molecule has 2 aromatic heterocycles. The lowest BCUT2D eigenvalue weighted by molar-refractivity contribution is -0.119. The molecule has 0 spiro atoms. The molecule has 0 saturated heterocycles. The van der Waals surface area contributed by atoms with E-state index in [0.717, 1.165) is 28.1 Å². The molecule has 1 N–H and O–H groups in total. The molecule has 1 fully saturated rings. The van der Waals surface area contributed by atoms with Crippen LogP contribution in [0.5, 0.6) is 0 Å². The first-order valence-electron chi connectivity index (χ1n) is 8.86. The van der Waals surface area contributed by atoms with Gasteiger partial charge in [-0.25, -0.2) is 4.98 Å². The van der Waals surface area contributed by atoms with Crippen molar-refractivity contribution < 1.29 is 4.79 Å². The van der Waals surface area contributed by atoms with Crippen LogP contribution in [0.25, 0.3) is 10.2 Å². The predicted octanol–water partition coefficient (Wildman–Crippen LogP) is 3.54. The van der Waals surface area contributed by atoms with Crippen molar-refractivity contribution in [1.82, 2.24) is 14.9 Å². The summed E-state index contributed by atoms with van der Waals surface area (Å²) in [6, 6.07) is 0.303. The zero-order valence-electron chi connectivity index (χ0n) is 15.1. The van der Waals surface area contributed by atoms with Gasteiger partial charge in [-0.1, -0.05) is 37.4 Å². The smallest absolute Gasteiger partial charge is 0.262 e. The zero-order chi connectivity index (χ0) is 18.0. The van der Waals surface area contributed by atoms with Gasteiger partial charge in [0.25, 0.3) is 5.56 Å². The highest BCUT2D eigenvalue weighted by atomic mass is 32.2. The number of amides is 1. The molecule has 0 bridgehead atoms. The standard InChI is InChI=1S/C18H25N3O2S2/c1-11-12(2)25-16-15(11)17(23)21(3)18(20-16)24-10-14(22)19-13-8-6-4-5-7-9-13/h13H,4-10H2,1-3H3,(H,19,22). The molecule has 0 aromatic carbocycles. The highest BCUT2D eigenvalue weighted by molar-refractivity contribution is 7.99. The van der Waals surface area contributed by atoms with Gasteiger partial charge in [0.05, 0.1) is 11.1 Å². The second-order valence-electron chi connectivity index (χ2n) is 6.77. The Kier molecular flexibility index (Phi) is 5.84. The monoisotopic (exact) mass is 379 g/mol. The van der Waals surface area contributed by atoms with Gasteiger partial charge in [-0.3, -0.25) is 14.2 Å². The van der Waals surface area contributed by atoms with Crippen molar-refractivity contribution in [3.8, 4) is 0 Å². The normalized spacial score (nSPS) is 16.1. The van der Waals surface area contributed by atoms with Gasteiger partial charge < -0.3 is 5.32 Å².